The molecule has 1 heterocycles. The lowest BCUT2D eigenvalue weighted by molar-refractivity contribution is 0.277. The predicted octanol–water partition coefficient (Wildman–Crippen LogP) is 4.37. The van der Waals surface area contributed by atoms with E-state index in [4.69, 9.17) is 11.6 Å². The maximum atomic E-state index is 9.36. The molecule has 5 heteroatoms. The first-order chi connectivity index (χ1) is 11.2. The van der Waals surface area contributed by atoms with E-state index in [1.807, 2.05) is 48.7 Å². The SMILES string of the molecule is OCc1cn(Cc2ccc(Cl)cc2)c(SCc2ccccc2)n1. The lowest BCUT2D eigenvalue weighted by atomic mass is 10.2. The average molecular weight is 345 g/mol. The maximum absolute atomic E-state index is 9.36. The van der Waals surface area contributed by atoms with Gasteiger partial charge in [0.2, 0.25) is 0 Å². The van der Waals surface area contributed by atoms with Crippen molar-refractivity contribution in [2.75, 3.05) is 0 Å². The highest BCUT2D eigenvalue weighted by atomic mass is 35.5. The van der Waals surface area contributed by atoms with Crippen LogP contribution in [0.25, 0.3) is 0 Å². The van der Waals surface area contributed by atoms with Crippen LogP contribution in [-0.2, 0) is 18.9 Å². The molecule has 0 aliphatic carbocycles. The number of hydrogen-bond acceptors (Lipinski definition) is 3. The number of nitrogens with zero attached hydrogens (tertiary/aromatic N) is 2. The Morgan fingerprint density at radius 2 is 1.74 bits per heavy atom. The molecule has 0 spiro atoms. The number of aromatic nitrogens is 2. The molecule has 23 heavy (non-hydrogen) atoms. The second-order valence-corrected chi connectivity index (χ2v) is 6.58. The zero-order valence-electron chi connectivity index (χ0n) is 12.5. The molecule has 3 rings (SSSR count). The van der Waals surface area contributed by atoms with Crippen molar-refractivity contribution in [3.63, 3.8) is 0 Å². The van der Waals surface area contributed by atoms with E-state index in [2.05, 4.69) is 21.7 Å². The standard InChI is InChI=1S/C18H17ClN2OS/c19-16-8-6-14(7-9-16)10-21-11-17(12-22)20-18(21)23-13-15-4-2-1-3-5-15/h1-9,11,22H,10,12-13H2. The third-order valence-electron chi connectivity index (χ3n) is 3.43. The molecule has 0 atom stereocenters. The number of aliphatic hydroxyl groups excluding tert-OH is 1. The molecule has 3 nitrogen and oxygen atoms in total. The van der Waals surface area contributed by atoms with Crippen molar-refractivity contribution < 1.29 is 5.11 Å². The highest BCUT2D eigenvalue weighted by Crippen LogP contribution is 2.23. The summed E-state index contributed by atoms with van der Waals surface area (Å²) in [7, 11) is 0. The van der Waals surface area contributed by atoms with Gasteiger partial charge in [-0.15, -0.1) is 0 Å². The van der Waals surface area contributed by atoms with Gasteiger partial charge in [-0.05, 0) is 23.3 Å². The molecule has 118 valence electrons. The van der Waals surface area contributed by atoms with Gasteiger partial charge in [0.15, 0.2) is 5.16 Å². The summed E-state index contributed by atoms with van der Waals surface area (Å²) < 4.78 is 2.07. The molecule has 0 aliphatic heterocycles. The number of aliphatic hydroxyl groups is 1. The smallest absolute Gasteiger partial charge is 0.168 e. The number of halogens is 1. The van der Waals surface area contributed by atoms with Gasteiger partial charge in [0.05, 0.1) is 12.3 Å². The van der Waals surface area contributed by atoms with Crippen molar-refractivity contribution in [3.8, 4) is 0 Å². The second-order valence-electron chi connectivity index (χ2n) is 5.20. The van der Waals surface area contributed by atoms with E-state index >= 15 is 0 Å². The molecule has 0 bridgehead atoms. The van der Waals surface area contributed by atoms with Gasteiger partial charge in [0, 0.05) is 23.5 Å². The summed E-state index contributed by atoms with van der Waals surface area (Å²) >= 11 is 7.61. The monoisotopic (exact) mass is 344 g/mol. The molecule has 0 fully saturated rings. The summed E-state index contributed by atoms with van der Waals surface area (Å²) in [6, 6.07) is 18.1. The van der Waals surface area contributed by atoms with Gasteiger partial charge >= 0.3 is 0 Å². The van der Waals surface area contributed by atoms with Gasteiger partial charge in [-0.25, -0.2) is 4.98 Å². The minimum Gasteiger partial charge on any atom is -0.390 e. The minimum absolute atomic E-state index is 0.0491. The van der Waals surface area contributed by atoms with E-state index in [0.717, 1.165) is 21.5 Å². The average Bonchev–Trinajstić information content (AvgIpc) is 2.98. The highest BCUT2D eigenvalue weighted by Gasteiger charge is 2.09. The van der Waals surface area contributed by atoms with Gasteiger partial charge in [-0.2, -0.15) is 0 Å². The molecule has 0 saturated carbocycles. The summed E-state index contributed by atoms with van der Waals surface area (Å²) in [6.45, 7) is 0.661. The Balaban J connectivity index is 1.76. The van der Waals surface area contributed by atoms with Crippen LogP contribution in [0.2, 0.25) is 5.02 Å². The Kier molecular flexibility index (Phi) is 5.39. The molecule has 0 saturated heterocycles. The molecule has 0 radical (unpaired) electrons. The minimum atomic E-state index is -0.0491. The van der Waals surface area contributed by atoms with Crippen LogP contribution in [0.15, 0.2) is 66.0 Å². The molecule has 2 aromatic carbocycles. The van der Waals surface area contributed by atoms with Crippen molar-refractivity contribution in [3.05, 3.63) is 82.6 Å². The van der Waals surface area contributed by atoms with Crippen molar-refractivity contribution >= 4 is 23.4 Å². The fourth-order valence-corrected chi connectivity index (χ4v) is 3.34. The van der Waals surface area contributed by atoms with Crippen LogP contribution in [-0.4, -0.2) is 14.7 Å². The van der Waals surface area contributed by atoms with E-state index in [1.54, 1.807) is 11.8 Å². The fraction of sp³-hybridized carbons (Fsp3) is 0.167. The van der Waals surface area contributed by atoms with Crippen LogP contribution >= 0.6 is 23.4 Å². The highest BCUT2D eigenvalue weighted by molar-refractivity contribution is 7.98. The van der Waals surface area contributed by atoms with Gasteiger partial charge in [-0.3, -0.25) is 0 Å². The molecule has 0 unspecified atom stereocenters. The van der Waals surface area contributed by atoms with E-state index in [0.29, 0.717) is 12.2 Å². The Labute approximate surface area is 144 Å². The van der Waals surface area contributed by atoms with Gasteiger partial charge in [-0.1, -0.05) is 65.8 Å². The first kappa shape index (κ1) is 16.1. The molecule has 0 aliphatic rings. The van der Waals surface area contributed by atoms with Gasteiger partial charge < -0.3 is 9.67 Å². The van der Waals surface area contributed by atoms with E-state index < -0.39 is 0 Å². The van der Waals surface area contributed by atoms with Crippen LogP contribution in [0, 0.1) is 0 Å². The quantitative estimate of drug-likeness (QED) is 0.675. The van der Waals surface area contributed by atoms with Gasteiger partial charge in [0.1, 0.15) is 0 Å². The number of benzene rings is 2. The summed E-state index contributed by atoms with van der Waals surface area (Å²) in [5.41, 5.74) is 3.09. The Morgan fingerprint density at radius 3 is 2.43 bits per heavy atom. The van der Waals surface area contributed by atoms with E-state index in [-0.39, 0.29) is 6.61 Å². The lowest BCUT2D eigenvalue weighted by Gasteiger charge is -2.08. The Bertz CT molecular complexity index is 756. The predicted molar refractivity (Wildman–Crippen MR) is 94.7 cm³/mol. The second kappa shape index (κ2) is 7.68. The lowest BCUT2D eigenvalue weighted by Crippen LogP contribution is -2.00. The largest absolute Gasteiger partial charge is 0.390 e. The Morgan fingerprint density at radius 1 is 1.00 bits per heavy atom. The molecular formula is C18H17ClN2OS. The summed E-state index contributed by atoms with van der Waals surface area (Å²) in [4.78, 5) is 4.51. The third kappa shape index (κ3) is 4.38. The van der Waals surface area contributed by atoms with Crippen molar-refractivity contribution in [2.45, 2.75) is 24.1 Å². The normalized spacial score (nSPS) is 10.9. The molecule has 1 N–H and O–H groups in total. The van der Waals surface area contributed by atoms with E-state index in [1.165, 1.54) is 5.56 Å². The topological polar surface area (TPSA) is 38.0 Å². The van der Waals surface area contributed by atoms with Gasteiger partial charge in [0.25, 0.3) is 0 Å². The van der Waals surface area contributed by atoms with Crippen molar-refractivity contribution in [1.29, 1.82) is 0 Å². The first-order valence-electron chi connectivity index (χ1n) is 7.32. The number of thioether (sulfide) groups is 1. The Hall–Kier alpha value is -1.75. The summed E-state index contributed by atoms with van der Waals surface area (Å²) in [5.74, 6) is 0.851. The molecule has 0 amide bonds. The van der Waals surface area contributed by atoms with Crippen LogP contribution in [0.4, 0.5) is 0 Å². The first-order valence-corrected chi connectivity index (χ1v) is 8.69. The van der Waals surface area contributed by atoms with Crippen molar-refractivity contribution in [2.24, 2.45) is 0 Å². The molecule has 1 aromatic heterocycles. The van der Waals surface area contributed by atoms with Crippen LogP contribution < -0.4 is 0 Å². The number of hydrogen-bond donors (Lipinski definition) is 1. The zero-order chi connectivity index (χ0) is 16.1. The van der Waals surface area contributed by atoms with E-state index in [9.17, 15) is 5.11 Å². The molecule has 3 aromatic rings. The maximum Gasteiger partial charge on any atom is 0.168 e. The number of rotatable bonds is 6. The van der Waals surface area contributed by atoms with Crippen molar-refractivity contribution in [1.82, 2.24) is 9.55 Å². The van der Waals surface area contributed by atoms with Crippen LogP contribution in [0.5, 0.6) is 0 Å². The fourth-order valence-electron chi connectivity index (χ4n) is 2.26. The summed E-state index contributed by atoms with van der Waals surface area (Å²) in [6.07, 6.45) is 1.90. The third-order valence-corrected chi connectivity index (χ3v) is 4.74. The van der Waals surface area contributed by atoms with Crippen LogP contribution in [0.1, 0.15) is 16.8 Å². The van der Waals surface area contributed by atoms with Crippen LogP contribution in [0.3, 0.4) is 0 Å². The summed E-state index contributed by atoms with van der Waals surface area (Å²) in [5, 5.41) is 11.0. The molecular weight excluding hydrogens is 328 g/mol. The zero-order valence-corrected chi connectivity index (χ0v) is 14.1. The number of imidazole rings is 1.